The van der Waals surface area contributed by atoms with Gasteiger partial charge in [0.1, 0.15) is 13.2 Å². The molecule has 1 atom stereocenters. The van der Waals surface area contributed by atoms with Gasteiger partial charge in [-0.2, -0.15) is 0 Å². The highest BCUT2D eigenvalue weighted by Gasteiger charge is 2.19. The first-order chi connectivity index (χ1) is 37.5. The van der Waals surface area contributed by atoms with Gasteiger partial charge in [0.25, 0.3) is 0 Å². The Morgan fingerprint density at radius 1 is 0.263 bits per heavy atom. The van der Waals surface area contributed by atoms with E-state index in [0.29, 0.717) is 19.3 Å². The summed E-state index contributed by atoms with van der Waals surface area (Å²) in [7, 11) is 0. The molecule has 0 spiro atoms. The second-order valence-corrected chi connectivity index (χ2v) is 22.4. The molecule has 0 aromatic carbocycles. The predicted octanol–water partition coefficient (Wildman–Crippen LogP) is 22.7. The van der Waals surface area contributed by atoms with Crippen LogP contribution in [-0.2, 0) is 28.6 Å². The summed E-state index contributed by atoms with van der Waals surface area (Å²) in [5.74, 6) is -0.871. The van der Waals surface area contributed by atoms with Crippen LogP contribution in [0, 0.1) is 0 Å². The van der Waals surface area contributed by atoms with Crippen LogP contribution >= 0.6 is 0 Å². The second-order valence-electron chi connectivity index (χ2n) is 22.4. The topological polar surface area (TPSA) is 78.9 Å². The van der Waals surface area contributed by atoms with Crippen molar-refractivity contribution in [2.24, 2.45) is 0 Å². The van der Waals surface area contributed by atoms with Gasteiger partial charge in [-0.15, -0.1) is 0 Å². The van der Waals surface area contributed by atoms with Crippen molar-refractivity contribution in [1.29, 1.82) is 0 Å². The van der Waals surface area contributed by atoms with Gasteiger partial charge in [-0.1, -0.05) is 300 Å². The third-order valence-electron chi connectivity index (χ3n) is 14.7. The van der Waals surface area contributed by atoms with Gasteiger partial charge in [-0.25, -0.2) is 0 Å². The van der Waals surface area contributed by atoms with Gasteiger partial charge in [0.2, 0.25) is 0 Å². The van der Waals surface area contributed by atoms with Crippen molar-refractivity contribution in [2.75, 3.05) is 13.2 Å². The molecule has 0 aromatic heterocycles. The summed E-state index contributed by atoms with van der Waals surface area (Å²) >= 11 is 0. The molecule has 0 aliphatic heterocycles. The maximum atomic E-state index is 12.9. The van der Waals surface area contributed by atoms with Crippen LogP contribution in [0.5, 0.6) is 0 Å². The zero-order chi connectivity index (χ0) is 55.0. The zero-order valence-corrected chi connectivity index (χ0v) is 50.8. The lowest BCUT2D eigenvalue weighted by Crippen LogP contribution is -2.30. The van der Waals surface area contributed by atoms with E-state index >= 15 is 0 Å². The van der Waals surface area contributed by atoms with Crippen LogP contribution in [0.2, 0.25) is 0 Å². The van der Waals surface area contributed by atoms with Gasteiger partial charge >= 0.3 is 17.9 Å². The molecule has 0 radical (unpaired) electrons. The van der Waals surface area contributed by atoms with Gasteiger partial charge in [0.05, 0.1) is 0 Å². The minimum Gasteiger partial charge on any atom is -0.462 e. The quantitative estimate of drug-likeness (QED) is 0.0261. The van der Waals surface area contributed by atoms with Gasteiger partial charge < -0.3 is 14.2 Å². The van der Waals surface area contributed by atoms with Crippen LogP contribution in [-0.4, -0.2) is 37.2 Å². The summed E-state index contributed by atoms with van der Waals surface area (Å²) in [6, 6.07) is 0. The molecule has 0 fully saturated rings. The molecule has 0 saturated carbocycles. The van der Waals surface area contributed by atoms with Crippen LogP contribution < -0.4 is 0 Å². The number of esters is 3. The van der Waals surface area contributed by atoms with E-state index in [-0.39, 0.29) is 31.1 Å². The van der Waals surface area contributed by atoms with E-state index in [4.69, 9.17) is 14.2 Å². The van der Waals surface area contributed by atoms with E-state index in [9.17, 15) is 14.4 Å². The highest BCUT2D eigenvalue weighted by Crippen LogP contribution is 2.17. The van der Waals surface area contributed by atoms with Gasteiger partial charge in [-0.05, 0) is 89.9 Å². The van der Waals surface area contributed by atoms with Crippen molar-refractivity contribution >= 4 is 17.9 Å². The molecule has 6 heteroatoms. The highest BCUT2D eigenvalue weighted by molar-refractivity contribution is 5.71. The first kappa shape index (κ1) is 73.1. The second kappa shape index (κ2) is 64.6. The fourth-order valence-electron chi connectivity index (χ4n) is 9.72. The number of ether oxygens (including phenoxy) is 3. The Morgan fingerprint density at radius 2 is 0.474 bits per heavy atom. The van der Waals surface area contributed by atoms with Crippen LogP contribution in [0.4, 0.5) is 0 Å². The molecule has 0 aliphatic carbocycles. The summed E-state index contributed by atoms with van der Waals surface area (Å²) in [6.45, 7) is 6.65. The Bertz CT molecular complexity index is 1360. The molecule has 0 aliphatic rings. The Kier molecular flexibility index (Phi) is 62.2. The molecule has 0 aromatic rings. The molecule has 0 heterocycles. The fraction of sp³-hybridized carbons (Fsp3) is 0.814. The number of hydrogen-bond acceptors (Lipinski definition) is 6. The maximum Gasteiger partial charge on any atom is 0.306 e. The lowest BCUT2D eigenvalue weighted by molar-refractivity contribution is -0.167. The fourth-order valence-corrected chi connectivity index (χ4v) is 9.72. The first-order valence-electron chi connectivity index (χ1n) is 33.3. The first-order valence-corrected chi connectivity index (χ1v) is 33.3. The third-order valence-corrected chi connectivity index (χ3v) is 14.7. The van der Waals surface area contributed by atoms with Crippen molar-refractivity contribution in [1.82, 2.24) is 0 Å². The standard InChI is InChI=1S/C70H126O6/c1-4-7-10-13-16-19-22-25-27-29-31-33-34-35-36-38-39-41-43-45-48-51-54-57-60-63-69(72)75-66-67(65-74-68(71)62-59-56-53-50-47-24-21-18-15-12-9-6-3)76-70(73)64-61-58-55-52-49-46-44-42-40-37-32-30-28-26-23-20-17-14-11-8-5-2/h22-23,25-26,29-32,40,42,67H,4-21,24,27-28,33-39,41,43-66H2,1-3H3/b25-22-,26-23-,31-29-,32-30-,42-40-. The lowest BCUT2D eigenvalue weighted by atomic mass is 10.0. The van der Waals surface area contributed by atoms with Gasteiger partial charge in [-0.3, -0.25) is 14.4 Å². The molecule has 0 N–H and O–H groups in total. The minimum absolute atomic E-state index is 0.0763. The molecule has 76 heavy (non-hydrogen) atoms. The average Bonchev–Trinajstić information content (AvgIpc) is 3.42. The monoisotopic (exact) mass is 1060 g/mol. The van der Waals surface area contributed by atoms with Crippen LogP contribution in [0.3, 0.4) is 0 Å². The van der Waals surface area contributed by atoms with E-state index in [0.717, 1.165) is 83.5 Å². The SMILES string of the molecule is CCCCCCC/C=C\C/C=C\C/C=C\CCCCCCCCC(=O)OC(COC(=O)CCCCCCCCCCCCCC)COC(=O)CCCCCCCCCCCCCCC/C=C\C/C=C\CCCCCCC. The Hall–Kier alpha value is -2.89. The predicted molar refractivity (Wildman–Crippen MR) is 330 cm³/mol. The Morgan fingerprint density at radius 3 is 0.737 bits per heavy atom. The number of carbonyl (C=O) groups is 3. The largest absolute Gasteiger partial charge is 0.462 e. The van der Waals surface area contributed by atoms with Crippen molar-refractivity contribution in [3.05, 3.63) is 60.8 Å². The highest BCUT2D eigenvalue weighted by atomic mass is 16.6. The minimum atomic E-state index is -0.780. The summed E-state index contributed by atoms with van der Waals surface area (Å²) in [4.78, 5) is 38.3. The van der Waals surface area contributed by atoms with E-state index in [2.05, 4.69) is 81.5 Å². The summed E-state index contributed by atoms with van der Waals surface area (Å²) < 4.78 is 16.9. The average molecular weight is 1060 g/mol. The van der Waals surface area contributed by atoms with Crippen LogP contribution in [0.15, 0.2) is 60.8 Å². The van der Waals surface area contributed by atoms with E-state index in [1.54, 1.807) is 0 Å². The number of unbranched alkanes of at least 4 members (excludes halogenated alkanes) is 40. The molecule has 6 nitrogen and oxygen atoms in total. The summed E-state index contributed by atoms with van der Waals surface area (Å²) in [5.41, 5.74) is 0. The molecule has 0 amide bonds. The number of hydrogen-bond donors (Lipinski definition) is 0. The smallest absolute Gasteiger partial charge is 0.306 e. The van der Waals surface area contributed by atoms with Gasteiger partial charge in [0, 0.05) is 19.3 Å². The summed E-state index contributed by atoms with van der Waals surface area (Å²) in [5, 5.41) is 0. The van der Waals surface area contributed by atoms with E-state index in [1.807, 2.05) is 0 Å². The maximum absolute atomic E-state index is 12.9. The molecule has 442 valence electrons. The number of allylic oxidation sites excluding steroid dienone is 10. The van der Waals surface area contributed by atoms with Crippen LogP contribution in [0.1, 0.15) is 348 Å². The Labute approximate surface area is 472 Å². The van der Waals surface area contributed by atoms with Crippen molar-refractivity contribution < 1.29 is 28.6 Å². The van der Waals surface area contributed by atoms with Crippen molar-refractivity contribution in [3.8, 4) is 0 Å². The molecular weight excluding hydrogens is 937 g/mol. The molecule has 0 bridgehead atoms. The lowest BCUT2D eigenvalue weighted by Gasteiger charge is -2.18. The molecule has 0 saturated heterocycles. The van der Waals surface area contributed by atoms with E-state index in [1.165, 1.54) is 225 Å². The number of carbonyl (C=O) groups excluding carboxylic acids is 3. The number of rotatable bonds is 61. The molecule has 0 rings (SSSR count). The van der Waals surface area contributed by atoms with Gasteiger partial charge in [0.15, 0.2) is 6.10 Å². The zero-order valence-electron chi connectivity index (χ0n) is 50.8. The molecule has 1 unspecified atom stereocenters. The molecular formula is C70H126O6. The Balaban J connectivity index is 4.28. The summed E-state index contributed by atoms with van der Waals surface area (Å²) in [6.07, 6.45) is 82.3. The van der Waals surface area contributed by atoms with Crippen LogP contribution in [0.25, 0.3) is 0 Å². The normalized spacial score (nSPS) is 12.4. The van der Waals surface area contributed by atoms with Crippen molar-refractivity contribution in [3.63, 3.8) is 0 Å². The van der Waals surface area contributed by atoms with Crippen molar-refractivity contribution in [2.45, 2.75) is 354 Å². The van der Waals surface area contributed by atoms with E-state index < -0.39 is 6.10 Å². The third kappa shape index (κ3) is 62.0.